The zero-order chi connectivity index (χ0) is 14.6. The minimum absolute atomic E-state index is 0.0340. The standard InChI is InChI=1S/C13H17ClN2O3/c1-4-10(5-2)15(3)13(17)9-6-7-11(14)12(8-9)16(18)19/h6-8,10H,4-5H2,1-3H3. The van der Waals surface area contributed by atoms with Gasteiger partial charge in [-0.1, -0.05) is 25.4 Å². The molecular weight excluding hydrogens is 268 g/mol. The predicted octanol–water partition coefficient (Wildman–Crippen LogP) is 3.51. The molecule has 0 heterocycles. The largest absolute Gasteiger partial charge is 0.339 e. The minimum atomic E-state index is -0.587. The number of nitro benzene ring substituents is 1. The number of nitrogens with zero attached hydrogens (tertiary/aromatic N) is 2. The SMILES string of the molecule is CCC(CC)N(C)C(=O)c1ccc(Cl)c([N+](=O)[O-])c1. The van der Waals surface area contributed by atoms with Crippen LogP contribution in [-0.2, 0) is 0 Å². The highest BCUT2D eigenvalue weighted by Crippen LogP contribution is 2.26. The highest BCUT2D eigenvalue weighted by Gasteiger charge is 2.21. The van der Waals surface area contributed by atoms with Crippen LogP contribution in [0.5, 0.6) is 0 Å². The van der Waals surface area contributed by atoms with Gasteiger partial charge in [-0.3, -0.25) is 14.9 Å². The van der Waals surface area contributed by atoms with Crippen molar-refractivity contribution < 1.29 is 9.72 Å². The second-order valence-electron chi connectivity index (χ2n) is 4.31. The molecule has 0 radical (unpaired) electrons. The topological polar surface area (TPSA) is 63.5 Å². The van der Waals surface area contributed by atoms with Crippen molar-refractivity contribution in [3.63, 3.8) is 0 Å². The Balaban J connectivity index is 3.06. The number of rotatable bonds is 5. The van der Waals surface area contributed by atoms with Gasteiger partial charge in [0.1, 0.15) is 5.02 Å². The predicted molar refractivity (Wildman–Crippen MR) is 74.6 cm³/mol. The van der Waals surface area contributed by atoms with Gasteiger partial charge < -0.3 is 4.90 Å². The lowest BCUT2D eigenvalue weighted by Gasteiger charge is -2.26. The van der Waals surface area contributed by atoms with E-state index in [0.29, 0.717) is 0 Å². The third-order valence-corrected chi connectivity index (χ3v) is 3.52. The molecule has 0 unspecified atom stereocenters. The van der Waals surface area contributed by atoms with Gasteiger partial charge in [0.2, 0.25) is 0 Å². The molecule has 0 bridgehead atoms. The first-order valence-corrected chi connectivity index (χ1v) is 6.51. The summed E-state index contributed by atoms with van der Waals surface area (Å²) in [6.45, 7) is 4.00. The second kappa shape index (κ2) is 6.52. The number of halogens is 1. The number of hydrogen-bond acceptors (Lipinski definition) is 3. The lowest BCUT2D eigenvalue weighted by molar-refractivity contribution is -0.384. The maximum absolute atomic E-state index is 12.3. The zero-order valence-electron chi connectivity index (χ0n) is 11.2. The summed E-state index contributed by atoms with van der Waals surface area (Å²) in [5.74, 6) is -0.228. The first kappa shape index (κ1) is 15.4. The fourth-order valence-electron chi connectivity index (χ4n) is 1.99. The summed E-state index contributed by atoms with van der Waals surface area (Å²) >= 11 is 5.73. The van der Waals surface area contributed by atoms with Crippen LogP contribution < -0.4 is 0 Å². The van der Waals surface area contributed by atoms with Crippen LogP contribution in [0.4, 0.5) is 5.69 Å². The Morgan fingerprint density at radius 1 is 1.42 bits per heavy atom. The molecule has 104 valence electrons. The smallest absolute Gasteiger partial charge is 0.288 e. The third-order valence-electron chi connectivity index (χ3n) is 3.20. The van der Waals surface area contributed by atoms with E-state index in [1.165, 1.54) is 18.2 Å². The Labute approximate surface area is 117 Å². The molecule has 0 fully saturated rings. The highest BCUT2D eigenvalue weighted by molar-refractivity contribution is 6.32. The fourth-order valence-corrected chi connectivity index (χ4v) is 2.18. The van der Waals surface area contributed by atoms with Crippen LogP contribution in [0.15, 0.2) is 18.2 Å². The molecule has 0 aromatic heterocycles. The lowest BCUT2D eigenvalue weighted by Crippen LogP contribution is -2.36. The Kier molecular flexibility index (Phi) is 5.30. The van der Waals surface area contributed by atoms with Crippen molar-refractivity contribution >= 4 is 23.2 Å². The van der Waals surface area contributed by atoms with E-state index in [4.69, 9.17) is 11.6 Å². The van der Waals surface area contributed by atoms with E-state index < -0.39 is 4.92 Å². The molecule has 1 aromatic rings. The Morgan fingerprint density at radius 3 is 2.47 bits per heavy atom. The van der Waals surface area contributed by atoms with E-state index in [9.17, 15) is 14.9 Å². The molecule has 0 N–H and O–H groups in total. The maximum atomic E-state index is 12.3. The number of carbonyl (C=O) groups is 1. The molecule has 0 aliphatic carbocycles. The molecule has 0 saturated carbocycles. The minimum Gasteiger partial charge on any atom is -0.339 e. The van der Waals surface area contributed by atoms with Crippen LogP contribution in [0.1, 0.15) is 37.0 Å². The molecule has 0 aliphatic rings. The van der Waals surface area contributed by atoms with Crippen molar-refractivity contribution in [2.24, 2.45) is 0 Å². The Bertz CT molecular complexity index is 487. The van der Waals surface area contributed by atoms with Crippen LogP contribution in [-0.4, -0.2) is 28.8 Å². The van der Waals surface area contributed by atoms with Crippen LogP contribution >= 0.6 is 11.6 Å². The molecule has 1 amide bonds. The number of hydrogen-bond donors (Lipinski definition) is 0. The van der Waals surface area contributed by atoms with Gasteiger partial charge in [-0.05, 0) is 25.0 Å². The summed E-state index contributed by atoms with van der Waals surface area (Å²) in [6.07, 6.45) is 1.68. The molecule has 0 saturated heterocycles. The molecule has 6 heteroatoms. The van der Waals surface area contributed by atoms with E-state index in [2.05, 4.69) is 0 Å². The first-order valence-electron chi connectivity index (χ1n) is 6.13. The van der Waals surface area contributed by atoms with Crippen molar-refractivity contribution in [3.8, 4) is 0 Å². The second-order valence-corrected chi connectivity index (χ2v) is 4.72. The molecule has 5 nitrogen and oxygen atoms in total. The lowest BCUT2D eigenvalue weighted by atomic mass is 10.1. The molecule has 0 atom stereocenters. The third kappa shape index (κ3) is 3.44. The van der Waals surface area contributed by atoms with Gasteiger partial charge in [0.15, 0.2) is 0 Å². The molecular formula is C13H17ClN2O3. The Morgan fingerprint density at radius 2 is 2.00 bits per heavy atom. The van der Waals surface area contributed by atoms with Crippen molar-refractivity contribution in [2.75, 3.05) is 7.05 Å². The Hall–Kier alpha value is -1.62. The molecule has 1 aromatic carbocycles. The first-order chi connectivity index (χ1) is 8.92. The monoisotopic (exact) mass is 284 g/mol. The number of nitro groups is 1. The van der Waals surface area contributed by atoms with Crippen molar-refractivity contribution in [2.45, 2.75) is 32.7 Å². The summed E-state index contributed by atoms with van der Waals surface area (Å²) in [6, 6.07) is 4.25. The molecule has 19 heavy (non-hydrogen) atoms. The van der Waals surface area contributed by atoms with Gasteiger partial charge in [-0.15, -0.1) is 0 Å². The molecule has 0 spiro atoms. The van der Waals surface area contributed by atoms with Crippen molar-refractivity contribution in [1.29, 1.82) is 0 Å². The normalized spacial score (nSPS) is 10.6. The van der Waals surface area contributed by atoms with Gasteiger partial charge in [-0.2, -0.15) is 0 Å². The van der Waals surface area contributed by atoms with Crippen LogP contribution in [0.3, 0.4) is 0 Å². The summed E-state index contributed by atoms with van der Waals surface area (Å²) in [4.78, 5) is 24.1. The van der Waals surface area contributed by atoms with Gasteiger partial charge in [-0.25, -0.2) is 0 Å². The molecule has 0 aliphatic heterocycles. The van der Waals surface area contributed by atoms with Crippen molar-refractivity contribution in [3.05, 3.63) is 38.9 Å². The van der Waals surface area contributed by atoms with E-state index in [1.807, 2.05) is 13.8 Å². The van der Waals surface area contributed by atoms with Gasteiger partial charge in [0.25, 0.3) is 11.6 Å². The van der Waals surface area contributed by atoms with Crippen LogP contribution in [0.2, 0.25) is 5.02 Å². The average molecular weight is 285 g/mol. The number of carbonyl (C=O) groups excluding carboxylic acids is 1. The van der Waals surface area contributed by atoms with E-state index in [1.54, 1.807) is 11.9 Å². The number of amides is 1. The van der Waals surface area contributed by atoms with Crippen molar-refractivity contribution in [1.82, 2.24) is 4.90 Å². The fraction of sp³-hybridized carbons (Fsp3) is 0.462. The van der Waals surface area contributed by atoms with Gasteiger partial charge >= 0.3 is 0 Å². The van der Waals surface area contributed by atoms with E-state index in [0.717, 1.165) is 12.8 Å². The summed E-state index contributed by atoms with van der Waals surface area (Å²) < 4.78 is 0. The van der Waals surface area contributed by atoms with E-state index in [-0.39, 0.29) is 28.2 Å². The van der Waals surface area contributed by atoms with Gasteiger partial charge in [0, 0.05) is 24.7 Å². The van der Waals surface area contributed by atoms with E-state index >= 15 is 0 Å². The maximum Gasteiger partial charge on any atom is 0.288 e. The quantitative estimate of drug-likeness (QED) is 0.614. The summed E-state index contributed by atoms with van der Waals surface area (Å²) in [7, 11) is 1.71. The van der Waals surface area contributed by atoms with Gasteiger partial charge in [0.05, 0.1) is 4.92 Å². The van der Waals surface area contributed by atoms with Crippen LogP contribution in [0, 0.1) is 10.1 Å². The van der Waals surface area contributed by atoms with Crippen LogP contribution in [0.25, 0.3) is 0 Å². The number of benzene rings is 1. The summed E-state index contributed by atoms with van der Waals surface area (Å²) in [5, 5.41) is 10.8. The zero-order valence-corrected chi connectivity index (χ0v) is 12.0. The summed E-state index contributed by atoms with van der Waals surface area (Å²) in [5.41, 5.74) is 0.0379. The molecule has 1 rings (SSSR count). The highest BCUT2D eigenvalue weighted by atomic mass is 35.5. The average Bonchev–Trinajstić information content (AvgIpc) is 2.39.